The molecule has 9 rings (SSSR count). The summed E-state index contributed by atoms with van der Waals surface area (Å²) in [6.07, 6.45) is -4.42. The van der Waals surface area contributed by atoms with Gasteiger partial charge < -0.3 is 42.0 Å². The third-order valence-corrected chi connectivity index (χ3v) is 11.6. The van der Waals surface area contributed by atoms with E-state index in [1.54, 1.807) is 18.5 Å². The van der Waals surface area contributed by atoms with Gasteiger partial charge in [0.05, 0.1) is 30.9 Å². The van der Waals surface area contributed by atoms with Gasteiger partial charge in [0.2, 0.25) is 15.1 Å². The van der Waals surface area contributed by atoms with Gasteiger partial charge in [-0.3, -0.25) is 19.4 Å². The average molecular weight is 729 g/mol. The summed E-state index contributed by atoms with van der Waals surface area (Å²) >= 11 is 0. The molecule has 4 aromatic heterocycles. The minimum atomic E-state index is -4.57. The maximum absolute atomic E-state index is 16.4. The van der Waals surface area contributed by atoms with Crippen LogP contribution < -0.4 is 10.8 Å². The number of aryl methyl sites for hydroxylation is 1. The number of hydrogen-bond acceptors (Lipinski definition) is 14. The van der Waals surface area contributed by atoms with Crippen LogP contribution in [-0.4, -0.2) is 102 Å². The van der Waals surface area contributed by atoms with Crippen LogP contribution in [0.3, 0.4) is 0 Å². The van der Waals surface area contributed by atoms with Crippen molar-refractivity contribution >= 4 is 63.7 Å². The van der Waals surface area contributed by atoms with E-state index in [0.29, 0.717) is 54.2 Å². The molecule has 0 saturated carbocycles. The molecule has 4 radical (unpaired) electrons. The number of nitrogens with zero attached hydrogens (tertiary/aromatic N) is 5. The largest absolute Gasteiger partial charge is 0.369 e. The molecule has 0 bridgehead atoms. The molecule has 260 valence electrons. The van der Waals surface area contributed by atoms with Gasteiger partial charge in [-0.25, -0.2) is 23.7 Å². The highest BCUT2D eigenvalue weighted by Gasteiger charge is 2.54. The molecule has 0 aromatic carbocycles. The van der Waals surface area contributed by atoms with E-state index < -0.39 is 77.4 Å². The van der Waals surface area contributed by atoms with E-state index in [2.05, 4.69) is 25.7 Å². The second-order valence-electron chi connectivity index (χ2n) is 12.7. The van der Waals surface area contributed by atoms with E-state index in [-0.39, 0.29) is 0 Å². The number of aromatic nitrogens is 5. The van der Waals surface area contributed by atoms with Crippen LogP contribution in [0.5, 0.6) is 0 Å². The van der Waals surface area contributed by atoms with E-state index in [1.165, 1.54) is 21.7 Å². The molecule has 3 saturated heterocycles. The maximum atomic E-state index is 16.4. The maximum Gasteiger partial charge on any atom is 0.264 e. The van der Waals surface area contributed by atoms with Gasteiger partial charge in [0.1, 0.15) is 47.9 Å². The van der Waals surface area contributed by atoms with Crippen molar-refractivity contribution in [3.63, 3.8) is 0 Å². The van der Waals surface area contributed by atoms with E-state index in [1.807, 2.05) is 0 Å². The lowest BCUT2D eigenvalue weighted by Gasteiger charge is -2.29. The summed E-state index contributed by atoms with van der Waals surface area (Å²) in [7, 11) is 2.82. The summed E-state index contributed by atoms with van der Waals surface area (Å²) in [6, 6.07) is 1.72. The lowest BCUT2D eigenvalue weighted by Crippen LogP contribution is -2.37. The van der Waals surface area contributed by atoms with Crippen molar-refractivity contribution in [2.45, 2.75) is 68.5 Å². The number of anilines is 2. The number of nitrogens with one attached hydrogen (secondary N) is 2. The molecule has 4 aromatic rings. The molecule has 50 heavy (non-hydrogen) atoms. The molecule has 4 unspecified atom stereocenters. The van der Waals surface area contributed by atoms with Gasteiger partial charge in [0, 0.05) is 36.9 Å². The van der Waals surface area contributed by atoms with Crippen LogP contribution in [-0.2, 0) is 54.4 Å². The Hall–Kier alpha value is -2.92. The molecule has 10 atom stereocenters. The summed E-state index contributed by atoms with van der Waals surface area (Å²) in [4.78, 5) is 18.5. The lowest BCUT2D eigenvalue weighted by atomic mass is 10.1. The second kappa shape index (κ2) is 12.3. The highest BCUT2D eigenvalue weighted by Crippen LogP contribution is 2.54. The molecular weight excluding hydrogens is 700 g/mol. The zero-order chi connectivity index (χ0) is 34.4. The van der Waals surface area contributed by atoms with Crippen LogP contribution in [0, 0.1) is 0 Å². The Labute approximate surface area is 285 Å². The highest BCUT2D eigenvalue weighted by molar-refractivity contribution is 7.79. The van der Waals surface area contributed by atoms with Crippen molar-refractivity contribution < 1.29 is 50.3 Å². The monoisotopic (exact) mass is 729 g/mol. The zero-order valence-electron chi connectivity index (χ0n) is 26.2. The average Bonchev–Trinajstić information content (AvgIpc) is 3.71. The number of alkyl halides is 2. The van der Waals surface area contributed by atoms with Gasteiger partial charge in [0.25, 0.3) is 14.9 Å². The van der Waals surface area contributed by atoms with Crippen LogP contribution in [0.25, 0.3) is 22.1 Å². The van der Waals surface area contributed by atoms with Gasteiger partial charge >= 0.3 is 0 Å². The summed E-state index contributed by atoms with van der Waals surface area (Å²) in [5.74, 6) is 0.607. The van der Waals surface area contributed by atoms with Gasteiger partial charge in [0.15, 0.2) is 24.8 Å². The first kappa shape index (κ1) is 33.0. The predicted molar refractivity (Wildman–Crippen MR) is 173 cm³/mol. The van der Waals surface area contributed by atoms with E-state index in [4.69, 9.17) is 47.5 Å². The van der Waals surface area contributed by atoms with Crippen molar-refractivity contribution in [2.24, 2.45) is 0 Å². The molecule has 9 heterocycles. The van der Waals surface area contributed by atoms with Crippen molar-refractivity contribution in [3.8, 4) is 0 Å². The molecule has 0 spiro atoms. The second-order valence-corrected chi connectivity index (χ2v) is 15.8. The molecule has 3 fully saturated rings. The first-order valence-corrected chi connectivity index (χ1v) is 19.3. The first-order valence-electron chi connectivity index (χ1n) is 16.0. The SMILES string of the molecule is [B]P1(=O)OC[C@H]2O[C@@H](n3cc4c5c(ncnc53)NCCC4)C(F)[C@H]2OP([B])(=O)OC[C@H]2O[C@@H](n3cc4c5c(ccnc53)NOCC4)[C@@H](F)C2O1. The van der Waals surface area contributed by atoms with Gasteiger partial charge in [-0.15, -0.1) is 0 Å². The van der Waals surface area contributed by atoms with Crippen molar-refractivity contribution in [3.05, 3.63) is 42.1 Å². The predicted octanol–water partition coefficient (Wildman–Crippen LogP) is 3.58. The van der Waals surface area contributed by atoms with Gasteiger partial charge in [-0.05, 0) is 30.0 Å². The Bertz CT molecular complexity index is 1930. The van der Waals surface area contributed by atoms with Crippen LogP contribution >= 0.6 is 14.9 Å². The molecule has 16 nitrogen and oxygen atoms in total. The van der Waals surface area contributed by atoms with Gasteiger partial charge in [-0.1, -0.05) is 0 Å². The number of hydrogen-bond donors (Lipinski definition) is 2. The third-order valence-electron chi connectivity index (χ3n) is 9.51. The Balaban J connectivity index is 1.00. The lowest BCUT2D eigenvalue weighted by molar-refractivity contribution is -0.0547. The Kier molecular flexibility index (Phi) is 8.14. The molecular formula is C28H29B2F2N7O9P2. The Morgan fingerprint density at radius 1 is 0.840 bits per heavy atom. The van der Waals surface area contributed by atoms with E-state index >= 15 is 8.78 Å². The number of fused-ring (bicyclic) bond motifs is 2. The third kappa shape index (κ3) is 5.60. The fourth-order valence-corrected chi connectivity index (χ4v) is 9.30. The van der Waals surface area contributed by atoms with Crippen LogP contribution in [0.1, 0.15) is 30.0 Å². The molecule has 2 N–H and O–H groups in total. The summed E-state index contributed by atoms with van der Waals surface area (Å²) in [5, 5.41) is 4.67. The van der Waals surface area contributed by atoms with Crippen molar-refractivity contribution in [2.75, 3.05) is 37.2 Å². The van der Waals surface area contributed by atoms with E-state index in [0.717, 1.165) is 22.9 Å². The molecule has 0 aliphatic carbocycles. The summed E-state index contributed by atoms with van der Waals surface area (Å²) < 4.78 is 97.0. The highest BCUT2D eigenvalue weighted by atomic mass is 31.2. The van der Waals surface area contributed by atoms with Crippen molar-refractivity contribution in [1.29, 1.82) is 0 Å². The first-order chi connectivity index (χ1) is 24.1. The normalized spacial score (nSPS) is 37.5. The molecule has 0 amide bonds. The quantitative estimate of drug-likeness (QED) is 0.227. The van der Waals surface area contributed by atoms with Crippen LogP contribution in [0.4, 0.5) is 20.3 Å². The standard InChI is InChI=1S/C28H29B2F2N7O9P2/c29-49(40)44-11-17-23(21(32)28(46-17)39-8-13-2-1-5-33-24-19(13)26(39)36-12-35-24)48-50(30,41)43-10-16-22(47-49)20(31)27(45-16)38-9-14-4-7-42-37-15-3-6-34-25(38)18(14)15/h3,6,8-9,12,16-17,20-23,27-28,37H,1-2,4-5,7,10-11H2,(H,33,35,36)/t16-,17-,20+,21?,22?,23+,27-,28-,49?,50?/m1/s1. The number of pyridine rings is 1. The number of rotatable bonds is 2. The topological polar surface area (TPSA) is 171 Å². The minimum absolute atomic E-state index is 0.349. The summed E-state index contributed by atoms with van der Waals surface area (Å²) in [5.41, 5.74) is 5.98. The molecule has 5 aliphatic rings. The molecule has 5 aliphatic heterocycles. The fraction of sp³-hybridized carbons (Fsp3) is 0.536. The Morgan fingerprint density at radius 2 is 1.46 bits per heavy atom. The Morgan fingerprint density at radius 3 is 2.12 bits per heavy atom. The van der Waals surface area contributed by atoms with Crippen molar-refractivity contribution in [1.82, 2.24) is 24.1 Å². The van der Waals surface area contributed by atoms with Gasteiger partial charge in [-0.2, -0.15) is 0 Å². The smallest absolute Gasteiger partial charge is 0.264 e. The fourth-order valence-electron chi connectivity index (χ4n) is 7.29. The number of ether oxygens (including phenoxy) is 2. The van der Waals surface area contributed by atoms with E-state index in [9.17, 15) is 9.13 Å². The minimum Gasteiger partial charge on any atom is -0.369 e. The van der Waals surface area contributed by atoms with Crippen LogP contribution in [0.15, 0.2) is 31.0 Å². The zero-order valence-corrected chi connectivity index (χ0v) is 28.0. The number of halogens is 2. The summed E-state index contributed by atoms with van der Waals surface area (Å²) in [6.45, 7) is -0.259. The van der Waals surface area contributed by atoms with Crippen LogP contribution in [0.2, 0.25) is 0 Å². The molecule has 22 heteroatoms.